The van der Waals surface area contributed by atoms with Crippen molar-refractivity contribution in [3.8, 4) is 0 Å². The first-order chi connectivity index (χ1) is 9.81. The maximum atomic E-state index is 11.8. The first-order valence-electron chi connectivity index (χ1n) is 6.08. The van der Waals surface area contributed by atoms with Gasteiger partial charge in [-0.2, -0.15) is 0 Å². The van der Waals surface area contributed by atoms with Gasteiger partial charge in [-0.15, -0.1) is 0 Å². The van der Waals surface area contributed by atoms with E-state index in [2.05, 4.69) is 10.6 Å². The van der Waals surface area contributed by atoms with Crippen LogP contribution in [0.15, 0.2) is 18.2 Å². The number of rotatable bonds is 3. The molecule has 0 spiro atoms. The molecule has 21 heavy (non-hydrogen) atoms. The van der Waals surface area contributed by atoms with Gasteiger partial charge >= 0.3 is 12.0 Å². The van der Waals surface area contributed by atoms with Gasteiger partial charge in [0, 0.05) is 12.7 Å². The highest BCUT2D eigenvalue weighted by molar-refractivity contribution is 6.21. The molecule has 1 aromatic carbocycles. The van der Waals surface area contributed by atoms with Crippen LogP contribution in [0.2, 0.25) is 0 Å². The van der Waals surface area contributed by atoms with E-state index in [9.17, 15) is 19.2 Å². The highest BCUT2D eigenvalue weighted by atomic mass is 16.4. The molecule has 110 valence electrons. The third-order valence-electron chi connectivity index (χ3n) is 3.07. The van der Waals surface area contributed by atoms with Gasteiger partial charge in [-0.25, -0.2) is 4.79 Å². The predicted molar refractivity (Wildman–Crippen MR) is 72.1 cm³/mol. The zero-order valence-corrected chi connectivity index (χ0v) is 11.3. The second-order valence-corrected chi connectivity index (χ2v) is 4.59. The predicted octanol–water partition coefficient (Wildman–Crippen LogP) is 0.507. The minimum Gasteiger partial charge on any atom is -0.480 e. The lowest BCUT2D eigenvalue weighted by atomic mass is 10.1. The molecule has 0 fully saturated rings. The highest BCUT2D eigenvalue weighted by Crippen LogP contribution is 2.24. The third-order valence-corrected chi connectivity index (χ3v) is 3.07. The van der Waals surface area contributed by atoms with Crippen molar-refractivity contribution in [3.05, 3.63) is 29.3 Å². The fraction of sp³-hybridized carbons (Fsp3) is 0.231. The Kier molecular flexibility index (Phi) is 3.62. The average molecular weight is 291 g/mol. The van der Waals surface area contributed by atoms with Gasteiger partial charge in [-0.3, -0.25) is 19.3 Å². The van der Waals surface area contributed by atoms with Crippen LogP contribution >= 0.6 is 0 Å². The number of fused-ring (bicyclic) bond motifs is 1. The smallest absolute Gasteiger partial charge is 0.325 e. The van der Waals surface area contributed by atoms with E-state index >= 15 is 0 Å². The molecule has 1 aromatic rings. The first kappa shape index (κ1) is 14.5. The van der Waals surface area contributed by atoms with Gasteiger partial charge in [0.1, 0.15) is 6.04 Å². The number of amides is 4. The molecular formula is C13H13N3O5. The summed E-state index contributed by atoms with van der Waals surface area (Å²) in [5, 5.41) is 13.3. The molecule has 0 saturated carbocycles. The normalized spacial score (nSPS) is 14.7. The number of urea groups is 1. The van der Waals surface area contributed by atoms with Gasteiger partial charge in [0.05, 0.1) is 11.1 Å². The summed E-state index contributed by atoms with van der Waals surface area (Å²) in [5.41, 5.74) is 0.763. The number of carboxylic acids is 1. The van der Waals surface area contributed by atoms with Crippen LogP contribution in [0, 0.1) is 0 Å². The largest absolute Gasteiger partial charge is 0.480 e. The molecule has 4 amide bonds. The standard InChI is InChI=1S/C13H13N3O5/c1-6(12(19)20)14-13(21)15-7-3-4-8-9(5-7)11(18)16(2)10(8)17/h3-6H,1-2H3,(H,19,20)(H2,14,15,21)/t6-/m0/s1. The van der Waals surface area contributed by atoms with Gasteiger partial charge in [0.2, 0.25) is 0 Å². The SMILES string of the molecule is C[C@H](NC(=O)Nc1ccc2c(c1)C(=O)N(C)C2=O)C(=O)O. The number of anilines is 1. The Morgan fingerprint density at radius 2 is 1.81 bits per heavy atom. The van der Waals surface area contributed by atoms with E-state index in [0.717, 1.165) is 4.90 Å². The number of carbonyl (C=O) groups is 4. The van der Waals surface area contributed by atoms with Crippen LogP contribution in [-0.2, 0) is 4.79 Å². The topological polar surface area (TPSA) is 116 Å². The van der Waals surface area contributed by atoms with E-state index in [1.807, 2.05) is 0 Å². The van der Waals surface area contributed by atoms with Crippen molar-refractivity contribution in [1.29, 1.82) is 0 Å². The summed E-state index contributed by atoms with van der Waals surface area (Å²) in [5.74, 6) is -2.01. The van der Waals surface area contributed by atoms with Crippen LogP contribution in [0.5, 0.6) is 0 Å². The summed E-state index contributed by atoms with van der Waals surface area (Å²) in [4.78, 5) is 46.7. The number of nitrogens with zero attached hydrogens (tertiary/aromatic N) is 1. The molecular weight excluding hydrogens is 278 g/mol. The Hall–Kier alpha value is -2.90. The molecule has 8 heteroatoms. The van der Waals surface area contributed by atoms with Crippen LogP contribution in [0.25, 0.3) is 0 Å². The second kappa shape index (κ2) is 5.23. The molecule has 1 aliphatic rings. The quantitative estimate of drug-likeness (QED) is 0.701. The summed E-state index contributed by atoms with van der Waals surface area (Å²) in [7, 11) is 1.37. The molecule has 0 unspecified atom stereocenters. The summed E-state index contributed by atoms with van der Waals surface area (Å²) < 4.78 is 0. The Balaban J connectivity index is 2.14. The van der Waals surface area contributed by atoms with Crippen molar-refractivity contribution in [2.75, 3.05) is 12.4 Å². The molecule has 0 aromatic heterocycles. The van der Waals surface area contributed by atoms with E-state index in [1.165, 1.54) is 32.2 Å². The molecule has 1 heterocycles. The Morgan fingerprint density at radius 3 is 2.43 bits per heavy atom. The van der Waals surface area contributed by atoms with Crippen LogP contribution in [0.4, 0.5) is 10.5 Å². The van der Waals surface area contributed by atoms with Gasteiger partial charge in [-0.05, 0) is 25.1 Å². The zero-order valence-electron chi connectivity index (χ0n) is 11.3. The molecule has 0 radical (unpaired) electrons. The van der Waals surface area contributed by atoms with Crippen LogP contribution < -0.4 is 10.6 Å². The number of carbonyl (C=O) groups excluding carboxylic acids is 3. The van der Waals surface area contributed by atoms with E-state index < -0.39 is 29.9 Å². The molecule has 1 atom stereocenters. The van der Waals surface area contributed by atoms with E-state index in [4.69, 9.17) is 5.11 Å². The summed E-state index contributed by atoms with van der Waals surface area (Å²) in [6.07, 6.45) is 0. The molecule has 0 saturated heterocycles. The van der Waals surface area contributed by atoms with Crippen molar-refractivity contribution in [1.82, 2.24) is 10.2 Å². The summed E-state index contributed by atoms with van der Waals surface area (Å²) >= 11 is 0. The first-order valence-corrected chi connectivity index (χ1v) is 6.08. The van der Waals surface area contributed by atoms with Crippen molar-refractivity contribution in [3.63, 3.8) is 0 Å². The maximum absolute atomic E-state index is 11.8. The van der Waals surface area contributed by atoms with Crippen molar-refractivity contribution < 1.29 is 24.3 Å². The number of benzene rings is 1. The van der Waals surface area contributed by atoms with Crippen molar-refractivity contribution in [2.45, 2.75) is 13.0 Å². The highest BCUT2D eigenvalue weighted by Gasteiger charge is 2.32. The number of carboxylic acid groups (broad SMARTS) is 1. The van der Waals surface area contributed by atoms with E-state index in [0.29, 0.717) is 5.69 Å². The number of hydrogen-bond donors (Lipinski definition) is 3. The van der Waals surface area contributed by atoms with Gasteiger partial charge in [0.25, 0.3) is 11.8 Å². The fourth-order valence-electron chi connectivity index (χ4n) is 1.86. The minimum atomic E-state index is -1.17. The van der Waals surface area contributed by atoms with Gasteiger partial charge < -0.3 is 15.7 Å². The summed E-state index contributed by atoms with van der Waals surface area (Å²) in [6.45, 7) is 1.32. The lowest BCUT2D eigenvalue weighted by molar-refractivity contribution is -0.138. The number of nitrogens with one attached hydrogen (secondary N) is 2. The monoisotopic (exact) mass is 291 g/mol. The Labute approximate surface area is 119 Å². The molecule has 3 N–H and O–H groups in total. The average Bonchev–Trinajstić information content (AvgIpc) is 2.63. The number of imide groups is 1. The van der Waals surface area contributed by atoms with Crippen LogP contribution in [0.3, 0.4) is 0 Å². The molecule has 1 aliphatic heterocycles. The van der Waals surface area contributed by atoms with Gasteiger partial charge in [0.15, 0.2) is 0 Å². The maximum Gasteiger partial charge on any atom is 0.325 e. The van der Waals surface area contributed by atoms with Crippen molar-refractivity contribution >= 4 is 29.5 Å². The third kappa shape index (κ3) is 2.69. The number of hydrogen-bond acceptors (Lipinski definition) is 4. The van der Waals surface area contributed by atoms with Crippen LogP contribution in [-0.4, -0.2) is 46.9 Å². The van der Waals surface area contributed by atoms with Crippen LogP contribution in [0.1, 0.15) is 27.6 Å². The molecule has 0 bridgehead atoms. The Bertz CT molecular complexity index is 655. The van der Waals surface area contributed by atoms with E-state index in [-0.39, 0.29) is 11.1 Å². The molecule has 2 rings (SSSR count). The van der Waals surface area contributed by atoms with E-state index in [1.54, 1.807) is 0 Å². The second-order valence-electron chi connectivity index (χ2n) is 4.59. The lowest BCUT2D eigenvalue weighted by Crippen LogP contribution is -2.40. The number of aliphatic carboxylic acids is 1. The molecule has 0 aliphatic carbocycles. The van der Waals surface area contributed by atoms with Crippen molar-refractivity contribution in [2.24, 2.45) is 0 Å². The fourth-order valence-corrected chi connectivity index (χ4v) is 1.86. The minimum absolute atomic E-state index is 0.201. The lowest BCUT2D eigenvalue weighted by Gasteiger charge is -2.11. The summed E-state index contributed by atoms with van der Waals surface area (Å²) in [6, 6.07) is 2.52. The van der Waals surface area contributed by atoms with Gasteiger partial charge in [-0.1, -0.05) is 0 Å². The Morgan fingerprint density at radius 1 is 1.19 bits per heavy atom. The molecule has 8 nitrogen and oxygen atoms in total. The zero-order chi connectivity index (χ0) is 15.7.